The number of rotatable bonds is 1. The maximum absolute atomic E-state index is 13.0. The van der Waals surface area contributed by atoms with Gasteiger partial charge in [-0.2, -0.15) is 0 Å². The predicted molar refractivity (Wildman–Crippen MR) is 99.6 cm³/mol. The molecule has 2 aliphatic rings. The summed E-state index contributed by atoms with van der Waals surface area (Å²) >= 11 is 0. The van der Waals surface area contributed by atoms with E-state index in [0.717, 1.165) is 34.6 Å². The average molecular weight is 334 g/mol. The van der Waals surface area contributed by atoms with E-state index in [1.54, 1.807) is 12.1 Å². The molecule has 1 atom stereocenters. The number of hydrogen-bond acceptors (Lipinski definition) is 4. The molecule has 3 N–H and O–H groups in total. The number of anilines is 2. The first-order valence-electron chi connectivity index (χ1n) is 8.61. The van der Waals surface area contributed by atoms with Gasteiger partial charge in [0, 0.05) is 17.7 Å². The lowest BCUT2D eigenvalue weighted by molar-refractivity contribution is -0.118. The summed E-state index contributed by atoms with van der Waals surface area (Å²) in [6.07, 6.45) is 1.37. The number of fused-ring (bicyclic) bond motifs is 1. The Labute approximate surface area is 147 Å². The molecule has 2 aromatic rings. The third kappa shape index (κ3) is 2.88. The molecule has 1 aliphatic carbocycles. The van der Waals surface area contributed by atoms with Crippen LogP contribution in [0.1, 0.15) is 38.3 Å². The molecule has 1 aliphatic heterocycles. The van der Waals surface area contributed by atoms with Crippen LogP contribution in [0.3, 0.4) is 0 Å². The van der Waals surface area contributed by atoms with Gasteiger partial charge in [-0.05, 0) is 41.7 Å². The number of hydrogen-bond donors (Lipinski definition) is 3. The van der Waals surface area contributed by atoms with Gasteiger partial charge in [0.15, 0.2) is 5.78 Å². The van der Waals surface area contributed by atoms with Crippen LogP contribution in [0.15, 0.2) is 59.8 Å². The maximum atomic E-state index is 13.0. The number of ketones is 1. The second-order valence-corrected chi connectivity index (χ2v) is 7.67. The number of phenolic OH excluding ortho intramolecular Hbond substituents is 1. The fraction of sp³-hybridized carbons (Fsp3) is 0.286. The quantitative estimate of drug-likeness (QED) is 0.712. The lowest BCUT2D eigenvalue weighted by Crippen LogP contribution is -2.31. The van der Waals surface area contributed by atoms with E-state index in [2.05, 4.69) is 24.5 Å². The van der Waals surface area contributed by atoms with E-state index < -0.39 is 0 Å². The van der Waals surface area contributed by atoms with Crippen LogP contribution in [0, 0.1) is 5.41 Å². The number of carbonyl (C=O) groups excluding carboxylic acids is 1. The summed E-state index contributed by atoms with van der Waals surface area (Å²) in [6, 6.07) is 14.9. The Morgan fingerprint density at radius 1 is 1.00 bits per heavy atom. The van der Waals surface area contributed by atoms with Crippen molar-refractivity contribution in [2.75, 3.05) is 10.6 Å². The van der Waals surface area contributed by atoms with E-state index in [-0.39, 0.29) is 23.0 Å². The Balaban J connectivity index is 1.88. The summed E-state index contributed by atoms with van der Waals surface area (Å²) in [5, 5.41) is 16.6. The van der Waals surface area contributed by atoms with Gasteiger partial charge in [0.2, 0.25) is 0 Å². The minimum absolute atomic E-state index is 0.0539. The zero-order valence-electron chi connectivity index (χ0n) is 14.5. The van der Waals surface area contributed by atoms with E-state index in [9.17, 15) is 9.90 Å². The molecule has 0 bridgehead atoms. The summed E-state index contributed by atoms with van der Waals surface area (Å²) in [7, 11) is 0. The second-order valence-electron chi connectivity index (χ2n) is 7.67. The van der Waals surface area contributed by atoms with Gasteiger partial charge >= 0.3 is 0 Å². The molecule has 0 unspecified atom stereocenters. The van der Waals surface area contributed by atoms with Crippen molar-refractivity contribution >= 4 is 17.2 Å². The van der Waals surface area contributed by atoms with Gasteiger partial charge in [-0.1, -0.05) is 38.1 Å². The van der Waals surface area contributed by atoms with Crippen molar-refractivity contribution in [1.29, 1.82) is 0 Å². The second kappa shape index (κ2) is 5.66. The van der Waals surface area contributed by atoms with Crippen molar-refractivity contribution in [3.05, 3.63) is 65.4 Å². The molecule has 2 aromatic carbocycles. The lowest BCUT2D eigenvalue weighted by Gasteiger charge is -2.34. The molecule has 4 rings (SSSR count). The number of para-hydroxylation sites is 2. The van der Waals surface area contributed by atoms with E-state index in [4.69, 9.17) is 0 Å². The molecule has 4 heteroatoms. The predicted octanol–water partition coefficient (Wildman–Crippen LogP) is 4.61. The Hall–Kier alpha value is -2.75. The highest BCUT2D eigenvalue weighted by molar-refractivity contribution is 6.01. The van der Waals surface area contributed by atoms with Crippen LogP contribution in [-0.4, -0.2) is 10.9 Å². The van der Waals surface area contributed by atoms with Crippen LogP contribution in [0.5, 0.6) is 5.75 Å². The van der Waals surface area contributed by atoms with Gasteiger partial charge in [-0.25, -0.2) is 0 Å². The minimum Gasteiger partial charge on any atom is -0.508 e. The maximum Gasteiger partial charge on any atom is 0.163 e. The van der Waals surface area contributed by atoms with E-state index >= 15 is 0 Å². The first-order chi connectivity index (χ1) is 11.9. The molecular formula is C21H22N2O2. The highest BCUT2D eigenvalue weighted by Gasteiger charge is 2.38. The molecule has 0 spiro atoms. The number of nitrogens with one attached hydrogen (secondary N) is 2. The van der Waals surface area contributed by atoms with Crippen molar-refractivity contribution in [2.45, 2.75) is 32.7 Å². The van der Waals surface area contributed by atoms with Crippen LogP contribution in [0.4, 0.5) is 11.4 Å². The number of benzene rings is 2. The molecule has 0 aromatic heterocycles. The molecule has 0 amide bonds. The molecular weight excluding hydrogens is 312 g/mol. The highest BCUT2D eigenvalue weighted by atomic mass is 16.3. The summed E-state index contributed by atoms with van der Waals surface area (Å²) in [5.41, 5.74) is 4.68. The van der Waals surface area contributed by atoms with Gasteiger partial charge in [0.1, 0.15) is 5.75 Å². The summed E-state index contributed by atoms with van der Waals surface area (Å²) in [6.45, 7) is 4.27. The Morgan fingerprint density at radius 3 is 2.40 bits per heavy atom. The Kier molecular flexibility index (Phi) is 3.57. The molecule has 128 valence electrons. The lowest BCUT2D eigenvalue weighted by atomic mass is 9.73. The zero-order chi connectivity index (χ0) is 17.6. The van der Waals surface area contributed by atoms with Crippen LogP contribution >= 0.6 is 0 Å². The van der Waals surface area contributed by atoms with E-state index in [1.807, 2.05) is 36.4 Å². The fourth-order valence-electron chi connectivity index (χ4n) is 3.81. The van der Waals surface area contributed by atoms with Crippen molar-refractivity contribution in [1.82, 2.24) is 0 Å². The van der Waals surface area contributed by atoms with Gasteiger partial charge in [-0.3, -0.25) is 4.79 Å². The number of carbonyl (C=O) groups is 1. The first kappa shape index (κ1) is 15.8. The average Bonchev–Trinajstić information content (AvgIpc) is 2.70. The molecule has 0 saturated carbocycles. The SMILES string of the molecule is CC1(C)CC(=O)C2=C(C1)Nc1ccccc1N[C@H]2c1ccc(O)cc1. The van der Waals surface area contributed by atoms with Crippen molar-refractivity contribution < 1.29 is 9.90 Å². The fourth-order valence-corrected chi connectivity index (χ4v) is 3.81. The monoisotopic (exact) mass is 334 g/mol. The standard InChI is InChI=1S/C21H22N2O2/c1-21(2)11-17-19(18(25)12-21)20(13-7-9-14(24)10-8-13)23-16-6-4-3-5-15(16)22-17/h3-10,20,22-24H,11-12H2,1-2H3/t20-/m0/s1. The largest absolute Gasteiger partial charge is 0.508 e. The molecule has 0 radical (unpaired) electrons. The van der Waals surface area contributed by atoms with Gasteiger partial charge in [0.05, 0.1) is 17.4 Å². The highest BCUT2D eigenvalue weighted by Crippen LogP contribution is 2.45. The normalized spacial score (nSPS) is 21.5. The third-order valence-electron chi connectivity index (χ3n) is 4.95. The smallest absolute Gasteiger partial charge is 0.163 e. The van der Waals surface area contributed by atoms with Crippen molar-refractivity contribution in [3.8, 4) is 5.75 Å². The Bertz CT molecular complexity index is 866. The number of aromatic hydroxyl groups is 1. The minimum atomic E-state index is -0.227. The summed E-state index contributed by atoms with van der Waals surface area (Å²) < 4.78 is 0. The Morgan fingerprint density at radius 2 is 1.68 bits per heavy atom. The third-order valence-corrected chi connectivity index (χ3v) is 4.95. The van der Waals surface area contributed by atoms with Crippen LogP contribution in [0.25, 0.3) is 0 Å². The van der Waals surface area contributed by atoms with Gasteiger partial charge in [-0.15, -0.1) is 0 Å². The summed E-state index contributed by atoms with van der Waals surface area (Å²) in [4.78, 5) is 13.0. The van der Waals surface area contributed by atoms with Crippen LogP contribution < -0.4 is 10.6 Å². The van der Waals surface area contributed by atoms with E-state index in [0.29, 0.717) is 6.42 Å². The molecule has 0 fully saturated rings. The summed E-state index contributed by atoms with van der Waals surface area (Å²) in [5.74, 6) is 0.401. The molecule has 4 nitrogen and oxygen atoms in total. The first-order valence-corrected chi connectivity index (χ1v) is 8.61. The molecule has 0 saturated heterocycles. The molecule has 1 heterocycles. The zero-order valence-corrected chi connectivity index (χ0v) is 14.5. The number of phenols is 1. The van der Waals surface area contributed by atoms with Crippen molar-refractivity contribution in [2.24, 2.45) is 5.41 Å². The number of Topliss-reactive ketones (excluding diaryl/α,β-unsaturated/α-hetero) is 1. The van der Waals surface area contributed by atoms with E-state index in [1.165, 1.54) is 0 Å². The van der Waals surface area contributed by atoms with Gasteiger partial charge in [0.25, 0.3) is 0 Å². The van der Waals surface area contributed by atoms with Crippen LogP contribution in [-0.2, 0) is 4.79 Å². The van der Waals surface area contributed by atoms with Gasteiger partial charge < -0.3 is 15.7 Å². The van der Waals surface area contributed by atoms with Crippen LogP contribution in [0.2, 0.25) is 0 Å². The number of allylic oxidation sites excluding steroid dienone is 1. The van der Waals surface area contributed by atoms with Crippen molar-refractivity contribution in [3.63, 3.8) is 0 Å². The molecule has 25 heavy (non-hydrogen) atoms. The topological polar surface area (TPSA) is 61.4 Å².